The third-order valence-electron chi connectivity index (χ3n) is 2.37. The van der Waals surface area contributed by atoms with Gasteiger partial charge in [0, 0.05) is 5.75 Å². The third kappa shape index (κ3) is 3.25. The number of rotatable bonds is 6. The van der Waals surface area contributed by atoms with Crippen LogP contribution in [0, 0.1) is 0 Å². The van der Waals surface area contributed by atoms with Gasteiger partial charge in [-0.05, 0) is 0 Å². The molecule has 0 aliphatic heterocycles. The SMILES string of the molecule is CCS(=O)(=O)CCn1ncc(C(=O)O)c1C(F)F. The summed E-state index contributed by atoms with van der Waals surface area (Å²) in [6.45, 7) is 1.15. The van der Waals surface area contributed by atoms with Crippen LogP contribution in [0.5, 0.6) is 0 Å². The molecule has 0 bridgehead atoms. The molecule has 0 spiro atoms. The van der Waals surface area contributed by atoms with E-state index in [-0.39, 0.29) is 18.1 Å². The molecule has 102 valence electrons. The molecule has 1 heterocycles. The Kier molecular flexibility index (Phi) is 4.38. The highest BCUT2D eigenvalue weighted by atomic mass is 32.2. The monoisotopic (exact) mass is 282 g/mol. The Morgan fingerprint density at radius 2 is 2.17 bits per heavy atom. The molecule has 0 amide bonds. The Labute approximate surface area is 102 Å². The van der Waals surface area contributed by atoms with E-state index in [0.717, 1.165) is 10.9 Å². The zero-order valence-corrected chi connectivity index (χ0v) is 10.3. The first-order valence-electron chi connectivity index (χ1n) is 5.06. The Morgan fingerprint density at radius 1 is 1.56 bits per heavy atom. The molecule has 0 aliphatic rings. The molecule has 9 heteroatoms. The van der Waals surface area contributed by atoms with Gasteiger partial charge in [0.05, 0.1) is 18.5 Å². The van der Waals surface area contributed by atoms with Gasteiger partial charge in [0.15, 0.2) is 9.84 Å². The van der Waals surface area contributed by atoms with Crippen LogP contribution in [-0.2, 0) is 16.4 Å². The summed E-state index contributed by atoms with van der Waals surface area (Å²) in [5.74, 6) is -1.98. The second kappa shape index (κ2) is 5.42. The number of carboxylic acids is 1. The largest absolute Gasteiger partial charge is 0.478 e. The van der Waals surface area contributed by atoms with Gasteiger partial charge in [-0.2, -0.15) is 5.10 Å². The molecule has 1 N–H and O–H groups in total. The van der Waals surface area contributed by atoms with Crippen molar-refractivity contribution in [1.29, 1.82) is 0 Å². The summed E-state index contributed by atoms with van der Waals surface area (Å²) >= 11 is 0. The van der Waals surface area contributed by atoms with Gasteiger partial charge in [-0.25, -0.2) is 22.0 Å². The lowest BCUT2D eigenvalue weighted by Crippen LogP contribution is -2.17. The van der Waals surface area contributed by atoms with Crippen molar-refractivity contribution in [2.24, 2.45) is 0 Å². The van der Waals surface area contributed by atoms with Crippen molar-refractivity contribution in [3.05, 3.63) is 17.5 Å². The highest BCUT2D eigenvalue weighted by Crippen LogP contribution is 2.22. The molecule has 1 aromatic rings. The quantitative estimate of drug-likeness (QED) is 0.839. The predicted octanol–water partition coefficient (Wildman–Crippen LogP) is 0.954. The Hall–Kier alpha value is -1.51. The minimum atomic E-state index is -3.32. The second-order valence-electron chi connectivity index (χ2n) is 3.51. The molecule has 0 aromatic carbocycles. The van der Waals surface area contributed by atoms with Gasteiger partial charge in [0.1, 0.15) is 11.3 Å². The number of aryl methyl sites for hydroxylation is 1. The summed E-state index contributed by atoms with van der Waals surface area (Å²) in [5, 5.41) is 12.2. The fraction of sp³-hybridized carbons (Fsp3) is 0.556. The van der Waals surface area contributed by atoms with E-state index in [4.69, 9.17) is 5.11 Å². The zero-order chi connectivity index (χ0) is 13.9. The molecule has 1 aromatic heterocycles. The molecular formula is C9H12F2N2O4S. The van der Waals surface area contributed by atoms with Crippen LogP contribution in [0.1, 0.15) is 29.4 Å². The maximum absolute atomic E-state index is 12.7. The van der Waals surface area contributed by atoms with Gasteiger partial charge < -0.3 is 5.11 Å². The lowest BCUT2D eigenvalue weighted by atomic mass is 10.2. The van der Waals surface area contributed by atoms with Crippen LogP contribution in [-0.4, -0.2) is 40.8 Å². The van der Waals surface area contributed by atoms with Crippen LogP contribution in [0.2, 0.25) is 0 Å². The van der Waals surface area contributed by atoms with Crippen LogP contribution >= 0.6 is 0 Å². The summed E-state index contributed by atoms with van der Waals surface area (Å²) in [4.78, 5) is 10.7. The molecule has 0 fully saturated rings. The van der Waals surface area contributed by atoms with Crippen LogP contribution in [0.3, 0.4) is 0 Å². The fourth-order valence-electron chi connectivity index (χ4n) is 1.34. The number of nitrogens with zero attached hydrogens (tertiary/aromatic N) is 2. The topological polar surface area (TPSA) is 89.3 Å². The Balaban J connectivity index is 3.00. The summed E-state index contributed by atoms with van der Waals surface area (Å²) in [6, 6.07) is 0. The molecule has 0 atom stereocenters. The average Bonchev–Trinajstić information content (AvgIpc) is 2.70. The molecule has 18 heavy (non-hydrogen) atoms. The smallest absolute Gasteiger partial charge is 0.339 e. The van der Waals surface area contributed by atoms with E-state index in [2.05, 4.69) is 5.10 Å². The normalized spacial score (nSPS) is 12.0. The van der Waals surface area contributed by atoms with Gasteiger partial charge in [0.2, 0.25) is 0 Å². The maximum Gasteiger partial charge on any atom is 0.339 e. The molecule has 6 nitrogen and oxygen atoms in total. The Bertz CT molecular complexity index is 539. The van der Waals surface area contributed by atoms with E-state index < -0.39 is 33.5 Å². The summed E-state index contributed by atoms with van der Waals surface area (Å²) in [5.41, 5.74) is -1.38. The number of alkyl halides is 2. The lowest BCUT2D eigenvalue weighted by Gasteiger charge is -2.07. The van der Waals surface area contributed by atoms with E-state index in [1.165, 1.54) is 6.92 Å². The zero-order valence-electron chi connectivity index (χ0n) is 9.51. The highest BCUT2D eigenvalue weighted by Gasteiger charge is 2.24. The van der Waals surface area contributed by atoms with Crippen molar-refractivity contribution in [2.75, 3.05) is 11.5 Å². The van der Waals surface area contributed by atoms with Gasteiger partial charge >= 0.3 is 5.97 Å². The molecule has 0 saturated carbocycles. The minimum absolute atomic E-state index is 0.107. The van der Waals surface area contributed by atoms with Crippen molar-refractivity contribution in [1.82, 2.24) is 9.78 Å². The first-order chi connectivity index (χ1) is 8.28. The Morgan fingerprint density at radius 3 is 2.61 bits per heavy atom. The van der Waals surface area contributed by atoms with E-state index in [1.54, 1.807) is 0 Å². The summed E-state index contributed by atoms with van der Waals surface area (Å²) in [6.07, 6.45) is -2.23. The summed E-state index contributed by atoms with van der Waals surface area (Å²) < 4.78 is 48.6. The number of halogens is 2. The maximum atomic E-state index is 12.7. The van der Waals surface area contributed by atoms with E-state index >= 15 is 0 Å². The predicted molar refractivity (Wildman–Crippen MR) is 58.5 cm³/mol. The fourth-order valence-corrected chi connectivity index (χ4v) is 2.08. The van der Waals surface area contributed by atoms with Gasteiger partial charge in [0.25, 0.3) is 6.43 Å². The minimum Gasteiger partial charge on any atom is -0.478 e. The number of hydrogen-bond donors (Lipinski definition) is 1. The second-order valence-corrected chi connectivity index (χ2v) is 5.98. The molecular weight excluding hydrogens is 270 g/mol. The van der Waals surface area contributed by atoms with Crippen LogP contribution < -0.4 is 0 Å². The first kappa shape index (κ1) is 14.6. The van der Waals surface area contributed by atoms with Crippen molar-refractivity contribution in [2.45, 2.75) is 19.9 Å². The van der Waals surface area contributed by atoms with Crippen molar-refractivity contribution >= 4 is 15.8 Å². The van der Waals surface area contributed by atoms with Gasteiger partial charge in [-0.15, -0.1) is 0 Å². The van der Waals surface area contributed by atoms with Crippen molar-refractivity contribution < 1.29 is 27.1 Å². The van der Waals surface area contributed by atoms with Crippen LogP contribution in [0.15, 0.2) is 6.20 Å². The number of carboxylic acid groups (broad SMARTS) is 1. The molecule has 0 radical (unpaired) electrons. The first-order valence-corrected chi connectivity index (χ1v) is 6.88. The number of carbonyl (C=O) groups is 1. The summed E-state index contributed by atoms with van der Waals surface area (Å²) in [7, 11) is -3.32. The van der Waals surface area contributed by atoms with E-state index in [1.807, 2.05) is 0 Å². The van der Waals surface area contributed by atoms with E-state index in [9.17, 15) is 22.0 Å². The van der Waals surface area contributed by atoms with Crippen molar-refractivity contribution in [3.63, 3.8) is 0 Å². The van der Waals surface area contributed by atoms with Gasteiger partial charge in [-0.3, -0.25) is 4.68 Å². The van der Waals surface area contributed by atoms with Crippen LogP contribution in [0.25, 0.3) is 0 Å². The van der Waals surface area contributed by atoms with Crippen molar-refractivity contribution in [3.8, 4) is 0 Å². The number of aromatic nitrogens is 2. The van der Waals surface area contributed by atoms with Crippen LogP contribution in [0.4, 0.5) is 8.78 Å². The number of aromatic carboxylic acids is 1. The van der Waals surface area contributed by atoms with Gasteiger partial charge in [-0.1, -0.05) is 6.92 Å². The number of hydrogen-bond acceptors (Lipinski definition) is 4. The third-order valence-corrected chi connectivity index (χ3v) is 4.06. The molecule has 0 aliphatic carbocycles. The average molecular weight is 282 g/mol. The van der Waals surface area contributed by atoms with E-state index in [0.29, 0.717) is 0 Å². The standard InChI is InChI=1S/C9H12F2N2O4S/c1-2-18(16,17)4-3-13-7(8(10)11)6(5-12-13)9(14)15/h5,8H,2-4H2,1H3,(H,14,15). The highest BCUT2D eigenvalue weighted by molar-refractivity contribution is 7.91. The number of sulfone groups is 1. The molecule has 0 unspecified atom stereocenters. The molecule has 0 saturated heterocycles. The molecule has 1 rings (SSSR count). The lowest BCUT2D eigenvalue weighted by molar-refractivity contribution is 0.0682.